The number of allylic oxidation sites excluding steroid dienone is 12. The molecule has 0 aliphatic rings. The topological polar surface area (TPSA) is 237 Å². The molecule has 0 fully saturated rings. The Morgan fingerprint density at radius 3 is 0.865 bits per heavy atom. The van der Waals surface area contributed by atoms with E-state index in [9.17, 15) is 43.2 Å². The number of phosphoric ester groups is 2. The number of carbonyl (C=O) groups is 4. The summed E-state index contributed by atoms with van der Waals surface area (Å²) in [5.41, 5.74) is 0. The number of esters is 4. The van der Waals surface area contributed by atoms with Gasteiger partial charge in [-0.2, -0.15) is 0 Å². The third-order valence-electron chi connectivity index (χ3n) is 16.1. The highest BCUT2D eigenvalue weighted by Gasteiger charge is 2.30. The molecular weight excluding hydrogens is 1260 g/mol. The smallest absolute Gasteiger partial charge is 0.462 e. The molecule has 0 aliphatic heterocycles. The van der Waals surface area contributed by atoms with Crippen molar-refractivity contribution in [1.29, 1.82) is 0 Å². The van der Waals surface area contributed by atoms with Crippen molar-refractivity contribution in [2.75, 3.05) is 39.6 Å². The van der Waals surface area contributed by atoms with Crippen LogP contribution in [0.2, 0.25) is 0 Å². The molecule has 0 aromatic rings. The van der Waals surface area contributed by atoms with Gasteiger partial charge < -0.3 is 33.8 Å². The van der Waals surface area contributed by atoms with Crippen molar-refractivity contribution in [2.45, 2.75) is 354 Å². The van der Waals surface area contributed by atoms with Crippen LogP contribution in [0, 0.1) is 0 Å². The van der Waals surface area contributed by atoms with Crippen LogP contribution >= 0.6 is 15.6 Å². The summed E-state index contributed by atoms with van der Waals surface area (Å²) in [5, 5.41) is 10.6. The van der Waals surface area contributed by atoms with Crippen molar-refractivity contribution in [3.63, 3.8) is 0 Å². The molecule has 0 amide bonds. The number of aliphatic hydroxyl groups excluding tert-OH is 1. The minimum Gasteiger partial charge on any atom is -0.462 e. The first-order valence-electron chi connectivity index (χ1n) is 38.2. The Labute approximate surface area is 583 Å². The number of ether oxygens (including phenoxy) is 4. The summed E-state index contributed by atoms with van der Waals surface area (Å²) >= 11 is 0. The predicted octanol–water partition coefficient (Wildman–Crippen LogP) is 21.7. The zero-order valence-corrected chi connectivity index (χ0v) is 62.6. The van der Waals surface area contributed by atoms with Crippen LogP contribution in [-0.4, -0.2) is 96.7 Å². The van der Waals surface area contributed by atoms with Crippen LogP contribution in [0.25, 0.3) is 0 Å². The second-order valence-corrected chi connectivity index (χ2v) is 28.5. The van der Waals surface area contributed by atoms with E-state index in [0.717, 1.165) is 122 Å². The van der Waals surface area contributed by atoms with Gasteiger partial charge in [0.2, 0.25) is 0 Å². The number of aliphatic hydroxyl groups is 1. The van der Waals surface area contributed by atoms with Crippen LogP contribution in [0.1, 0.15) is 336 Å². The number of unbranched alkanes of at least 4 members (excludes halogenated alkanes) is 34. The van der Waals surface area contributed by atoms with Crippen molar-refractivity contribution in [3.8, 4) is 0 Å². The minimum absolute atomic E-state index is 0.0199. The molecule has 0 aromatic heterocycles. The molecule has 0 saturated heterocycles. The number of hydrogen-bond acceptors (Lipinski definition) is 15. The lowest BCUT2D eigenvalue weighted by Crippen LogP contribution is -2.30. The molecule has 0 aromatic carbocycles. The summed E-state index contributed by atoms with van der Waals surface area (Å²) in [6.45, 7) is 4.77. The fourth-order valence-corrected chi connectivity index (χ4v) is 11.8. The number of hydrogen-bond donors (Lipinski definition) is 3. The Morgan fingerprint density at radius 2 is 0.521 bits per heavy atom. The Balaban J connectivity index is 5.38. The number of carbonyl (C=O) groups excluding carboxylic acids is 4. The van der Waals surface area contributed by atoms with Crippen molar-refractivity contribution in [2.24, 2.45) is 0 Å². The number of rotatable bonds is 72. The maximum atomic E-state index is 13.1. The van der Waals surface area contributed by atoms with Crippen molar-refractivity contribution < 1.29 is 80.2 Å². The monoisotopic (exact) mass is 1400 g/mol. The molecule has 5 atom stereocenters. The normalized spacial score (nSPS) is 14.4. The van der Waals surface area contributed by atoms with E-state index in [2.05, 4.69) is 88.5 Å². The van der Waals surface area contributed by atoms with Crippen LogP contribution < -0.4 is 0 Å². The summed E-state index contributed by atoms with van der Waals surface area (Å²) in [7, 11) is -9.95. The van der Waals surface area contributed by atoms with Crippen molar-refractivity contribution in [1.82, 2.24) is 0 Å². The number of phosphoric acid groups is 2. The van der Waals surface area contributed by atoms with Gasteiger partial charge in [0.1, 0.15) is 19.3 Å². The molecule has 0 saturated carbocycles. The van der Waals surface area contributed by atoms with Gasteiger partial charge in [-0.15, -0.1) is 0 Å². The maximum Gasteiger partial charge on any atom is 0.472 e. The molecule has 3 N–H and O–H groups in total. The first kappa shape index (κ1) is 92.5. The summed E-state index contributed by atoms with van der Waals surface area (Å²) < 4.78 is 68.4. The van der Waals surface area contributed by atoms with Gasteiger partial charge in [0.25, 0.3) is 0 Å². The van der Waals surface area contributed by atoms with Crippen LogP contribution in [0.5, 0.6) is 0 Å². The Hall–Kier alpha value is -3.50. The van der Waals surface area contributed by atoms with Gasteiger partial charge in [0.05, 0.1) is 26.4 Å². The SMILES string of the molecule is CCCCC/C=C\C/C=C\C/C=C\C/C=C\CCCC(=O)O[C@H](COC(=O)CCCCCCC/C=C\CCCCCC)COP(=O)(O)OC[C@H](O)COP(=O)(O)OC[C@@H](COC(=O)CCCCCCCCCCCCCCC)OC(=O)CCCCCCC/C=C\CCCCCC. The molecule has 558 valence electrons. The molecule has 19 heteroatoms. The van der Waals surface area contributed by atoms with Crippen LogP contribution in [0.15, 0.2) is 72.9 Å². The van der Waals surface area contributed by atoms with E-state index in [1.54, 1.807) is 0 Å². The fraction of sp³-hybridized carbons (Fsp3) is 0.792. The summed E-state index contributed by atoms with van der Waals surface area (Å²) in [4.78, 5) is 72.7. The van der Waals surface area contributed by atoms with Crippen LogP contribution in [-0.2, 0) is 65.4 Å². The zero-order chi connectivity index (χ0) is 70.4. The van der Waals surface area contributed by atoms with Crippen LogP contribution in [0.4, 0.5) is 0 Å². The molecule has 0 radical (unpaired) electrons. The van der Waals surface area contributed by atoms with E-state index in [4.69, 9.17) is 37.0 Å². The van der Waals surface area contributed by atoms with Gasteiger partial charge >= 0.3 is 39.5 Å². The van der Waals surface area contributed by atoms with E-state index in [1.165, 1.54) is 128 Å². The first-order valence-corrected chi connectivity index (χ1v) is 41.2. The standard InChI is InChI=1S/C77H138O17P2/c1-5-9-13-17-21-25-29-33-34-35-36-40-44-48-52-56-60-64-77(82)94-73(68-88-75(80)62-58-54-50-46-42-38-31-27-23-19-15-11-7-3)70-92-96(85,86)90-66-71(78)65-89-95(83,84)91-69-72(93-76(81)63-59-55-51-47-43-39-32-28-24-20-16-12-8-4)67-87-74(79)61-57-53-49-45-41-37-30-26-22-18-14-10-6-2/h21,25,27-28,31-34,36,40,48,52,71-73,78H,5-20,22-24,26,29-30,35,37-39,41-47,49-51,53-70H2,1-4H3,(H,83,84)(H,85,86)/b25-21-,31-27-,32-28-,34-33-,40-36-,52-48-/t71-,72-,73-/m1/s1. The average molecular weight is 1400 g/mol. The highest BCUT2D eigenvalue weighted by Crippen LogP contribution is 2.45. The molecule has 0 aliphatic carbocycles. The highest BCUT2D eigenvalue weighted by atomic mass is 31.2. The average Bonchev–Trinajstić information content (AvgIpc) is 1.26. The molecule has 17 nitrogen and oxygen atoms in total. The largest absolute Gasteiger partial charge is 0.472 e. The first-order chi connectivity index (χ1) is 46.7. The molecule has 0 rings (SSSR count). The molecule has 0 bridgehead atoms. The summed E-state index contributed by atoms with van der Waals surface area (Å²) in [6, 6.07) is 0. The molecule has 96 heavy (non-hydrogen) atoms. The fourth-order valence-electron chi connectivity index (χ4n) is 10.3. The predicted molar refractivity (Wildman–Crippen MR) is 390 cm³/mol. The summed E-state index contributed by atoms with van der Waals surface area (Å²) in [5.74, 6) is -2.24. The quantitative estimate of drug-likeness (QED) is 0.0169. The third-order valence-corrected chi connectivity index (χ3v) is 18.0. The lowest BCUT2D eigenvalue weighted by molar-refractivity contribution is -0.161. The van der Waals surface area contributed by atoms with Crippen molar-refractivity contribution >= 4 is 39.5 Å². The maximum absolute atomic E-state index is 13.1. The van der Waals surface area contributed by atoms with Gasteiger partial charge in [-0.3, -0.25) is 37.3 Å². The second-order valence-electron chi connectivity index (χ2n) is 25.6. The van der Waals surface area contributed by atoms with Crippen LogP contribution in [0.3, 0.4) is 0 Å². The van der Waals surface area contributed by atoms with Gasteiger partial charge in [0.15, 0.2) is 12.2 Å². The van der Waals surface area contributed by atoms with Gasteiger partial charge in [-0.25, -0.2) is 9.13 Å². The molecule has 2 unspecified atom stereocenters. The Morgan fingerprint density at radius 1 is 0.292 bits per heavy atom. The van der Waals surface area contributed by atoms with E-state index < -0.39 is 97.5 Å². The van der Waals surface area contributed by atoms with E-state index in [1.807, 2.05) is 12.2 Å². The van der Waals surface area contributed by atoms with Crippen molar-refractivity contribution in [3.05, 3.63) is 72.9 Å². The highest BCUT2D eigenvalue weighted by molar-refractivity contribution is 7.47. The van der Waals surface area contributed by atoms with Gasteiger partial charge in [-0.05, 0) is 116 Å². The Bertz CT molecular complexity index is 2110. The lowest BCUT2D eigenvalue weighted by atomic mass is 10.0. The van der Waals surface area contributed by atoms with E-state index in [0.29, 0.717) is 32.1 Å². The zero-order valence-electron chi connectivity index (χ0n) is 60.8. The summed E-state index contributed by atoms with van der Waals surface area (Å²) in [6.07, 6.45) is 69.0. The van der Waals surface area contributed by atoms with E-state index in [-0.39, 0.29) is 25.7 Å². The second kappa shape index (κ2) is 70.0. The van der Waals surface area contributed by atoms with Gasteiger partial charge in [0, 0.05) is 25.7 Å². The third kappa shape index (κ3) is 69.0. The van der Waals surface area contributed by atoms with Gasteiger partial charge in [-0.1, -0.05) is 268 Å². The lowest BCUT2D eigenvalue weighted by Gasteiger charge is -2.21. The molecular formula is C77H138O17P2. The minimum atomic E-state index is -4.98. The Kier molecular flexibility index (Phi) is 67.4. The molecule has 0 heterocycles. The van der Waals surface area contributed by atoms with E-state index >= 15 is 0 Å². The molecule has 0 spiro atoms.